The number of nitrogens with one attached hydrogen (secondary N) is 1. The van der Waals surface area contributed by atoms with Crippen LogP contribution in [0.1, 0.15) is 0 Å². The molecule has 8 heteroatoms. The number of anilines is 2. The second-order valence-electron chi connectivity index (χ2n) is 5.46. The number of ether oxygens (including phenoxy) is 2. The predicted molar refractivity (Wildman–Crippen MR) is 96.8 cm³/mol. The maximum Gasteiger partial charge on any atom is 0.212 e. The third-order valence-electron chi connectivity index (χ3n) is 3.82. The summed E-state index contributed by atoms with van der Waals surface area (Å²) in [5.41, 5.74) is 3.17. The van der Waals surface area contributed by atoms with Gasteiger partial charge >= 0.3 is 0 Å². The highest BCUT2D eigenvalue weighted by Crippen LogP contribution is 2.23. The molecule has 130 valence electrons. The number of fused-ring (bicyclic) bond motifs is 1. The van der Waals surface area contributed by atoms with Crippen LogP contribution in [0.3, 0.4) is 0 Å². The summed E-state index contributed by atoms with van der Waals surface area (Å²) in [7, 11) is 3.19. The zero-order chi connectivity index (χ0) is 17.9. The van der Waals surface area contributed by atoms with Gasteiger partial charge in [-0.2, -0.15) is 9.61 Å². The lowest BCUT2D eigenvalue weighted by Gasteiger charge is -2.08. The molecular weight excluding hydrogens is 332 g/mol. The predicted octanol–water partition coefficient (Wildman–Crippen LogP) is 2.95. The Morgan fingerprint density at radius 3 is 2.62 bits per heavy atom. The lowest BCUT2D eigenvalue weighted by molar-refractivity contribution is 0.398. The van der Waals surface area contributed by atoms with E-state index in [1.165, 1.54) is 0 Å². The molecule has 1 N–H and O–H groups in total. The minimum absolute atomic E-state index is 0.560. The van der Waals surface area contributed by atoms with Crippen molar-refractivity contribution in [3.63, 3.8) is 0 Å². The quantitative estimate of drug-likeness (QED) is 0.593. The maximum absolute atomic E-state index is 5.20. The molecule has 0 saturated carbocycles. The van der Waals surface area contributed by atoms with Crippen molar-refractivity contribution < 1.29 is 9.47 Å². The third kappa shape index (κ3) is 3.00. The van der Waals surface area contributed by atoms with Crippen molar-refractivity contribution in [2.24, 2.45) is 0 Å². The van der Waals surface area contributed by atoms with Crippen LogP contribution >= 0.6 is 0 Å². The van der Waals surface area contributed by atoms with Crippen LogP contribution in [0.25, 0.3) is 16.9 Å². The molecule has 0 aromatic carbocycles. The molecular formula is C18H16N6O2. The van der Waals surface area contributed by atoms with E-state index in [1.807, 2.05) is 24.3 Å². The molecule has 4 aromatic heterocycles. The molecule has 0 saturated heterocycles. The van der Waals surface area contributed by atoms with E-state index in [0.29, 0.717) is 11.6 Å². The molecule has 0 amide bonds. The Hall–Kier alpha value is -3.68. The average Bonchev–Trinajstić information content (AvgIpc) is 3.10. The molecule has 0 aliphatic carbocycles. The molecule has 0 unspecified atom stereocenters. The van der Waals surface area contributed by atoms with Crippen LogP contribution in [0.15, 0.2) is 55.1 Å². The van der Waals surface area contributed by atoms with E-state index in [4.69, 9.17) is 9.47 Å². The average molecular weight is 348 g/mol. The van der Waals surface area contributed by atoms with Crippen LogP contribution < -0.4 is 14.8 Å². The fraction of sp³-hybridized carbons (Fsp3) is 0.111. The van der Waals surface area contributed by atoms with Crippen molar-refractivity contribution >= 4 is 17.2 Å². The smallest absolute Gasteiger partial charge is 0.212 e. The molecule has 8 nitrogen and oxygen atoms in total. The van der Waals surface area contributed by atoms with Gasteiger partial charge in [-0.25, -0.2) is 9.97 Å². The summed E-state index contributed by atoms with van der Waals surface area (Å²) < 4.78 is 12.0. The summed E-state index contributed by atoms with van der Waals surface area (Å²) in [5, 5.41) is 7.92. The molecule has 4 rings (SSSR count). The van der Waals surface area contributed by atoms with E-state index in [1.54, 1.807) is 49.6 Å². The largest absolute Gasteiger partial charge is 0.495 e. The molecule has 0 fully saturated rings. The Labute approximate surface area is 149 Å². The van der Waals surface area contributed by atoms with Crippen molar-refractivity contribution in [3.05, 3.63) is 55.1 Å². The van der Waals surface area contributed by atoms with Gasteiger partial charge in [-0.1, -0.05) is 0 Å². The number of imidazole rings is 1. The van der Waals surface area contributed by atoms with Crippen LogP contribution in [-0.4, -0.2) is 38.8 Å². The Bertz CT molecular complexity index is 1050. The first kappa shape index (κ1) is 15.8. The molecule has 4 heterocycles. The SMILES string of the molecule is COc1cncc(Nc2cnc3ccc(-c4ccc(OC)nc4)nn23)c1. The maximum atomic E-state index is 5.20. The van der Waals surface area contributed by atoms with Crippen LogP contribution in [0, 0.1) is 0 Å². The summed E-state index contributed by atoms with van der Waals surface area (Å²) in [6, 6.07) is 9.38. The van der Waals surface area contributed by atoms with Crippen LogP contribution in [0.2, 0.25) is 0 Å². The Morgan fingerprint density at radius 1 is 0.923 bits per heavy atom. The van der Waals surface area contributed by atoms with Gasteiger partial charge in [0.05, 0.1) is 44.2 Å². The van der Waals surface area contributed by atoms with Gasteiger partial charge in [0.25, 0.3) is 0 Å². The number of pyridine rings is 2. The highest BCUT2D eigenvalue weighted by molar-refractivity contribution is 5.63. The summed E-state index contributed by atoms with van der Waals surface area (Å²) in [6.45, 7) is 0. The van der Waals surface area contributed by atoms with Crippen molar-refractivity contribution in [2.45, 2.75) is 0 Å². The zero-order valence-corrected chi connectivity index (χ0v) is 14.2. The topological polar surface area (TPSA) is 86.5 Å². The molecule has 26 heavy (non-hydrogen) atoms. The molecule has 0 spiro atoms. The van der Waals surface area contributed by atoms with Crippen LogP contribution in [0.4, 0.5) is 11.5 Å². The van der Waals surface area contributed by atoms with E-state index >= 15 is 0 Å². The number of rotatable bonds is 5. The van der Waals surface area contributed by atoms with Gasteiger partial charge in [-0.15, -0.1) is 0 Å². The fourth-order valence-electron chi connectivity index (χ4n) is 2.51. The zero-order valence-electron chi connectivity index (χ0n) is 14.2. The molecule has 0 bridgehead atoms. The van der Waals surface area contributed by atoms with Crippen LogP contribution in [-0.2, 0) is 0 Å². The van der Waals surface area contributed by atoms with Gasteiger partial charge in [-0.05, 0) is 18.2 Å². The van der Waals surface area contributed by atoms with Gasteiger partial charge in [0, 0.05) is 23.9 Å². The number of methoxy groups -OCH3 is 2. The van der Waals surface area contributed by atoms with Crippen molar-refractivity contribution in [1.29, 1.82) is 0 Å². The van der Waals surface area contributed by atoms with Crippen LogP contribution in [0.5, 0.6) is 11.6 Å². The molecule has 4 aromatic rings. The number of hydrogen-bond donors (Lipinski definition) is 1. The van der Waals surface area contributed by atoms with Crippen molar-refractivity contribution in [1.82, 2.24) is 24.6 Å². The Kier molecular flexibility index (Phi) is 4.06. The number of aromatic nitrogens is 5. The monoisotopic (exact) mass is 348 g/mol. The second kappa shape index (κ2) is 6.67. The first-order valence-electron chi connectivity index (χ1n) is 7.88. The Morgan fingerprint density at radius 2 is 1.85 bits per heavy atom. The van der Waals surface area contributed by atoms with E-state index in [-0.39, 0.29) is 0 Å². The summed E-state index contributed by atoms with van der Waals surface area (Å²) in [6.07, 6.45) is 6.80. The fourth-order valence-corrected chi connectivity index (χ4v) is 2.51. The molecule has 0 aliphatic heterocycles. The standard InChI is InChI=1S/C18H16N6O2/c1-25-14-7-13(9-19-10-14)22-17-11-20-16-5-4-15(23-24(16)17)12-3-6-18(26-2)21-8-12/h3-11,22H,1-2H3. The second-order valence-corrected chi connectivity index (χ2v) is 5.46. The first-order valence-corrected chi connectivity index (χ1v) is 7.88. The molecule has 0 aliphatic rings. The number of nitrogens with zero attached hydrogens (tertiary/aromatic N) is 5. The molecule has 0 radical (unpaired) electrons. The highest BCUT2D eigenvalue weighted by atomic mass is 16.5. The van der Waals surface area contributed by atoms with E-state index in [2.05, 4.69) is 25.4 Å². The highest BCUT2D eigenvalue weighted by Gasteiger charge is 2.08. The van der Waals surface area contributed by atoms with Gasteiger partial charge in [0.15, 0.2) is 11.5 Å². The van der Waals surface area contributed by atoms with Gasteiger partial charge < -0.3 is 14.8 Å². The van der Waals surface area contributed by atoms with Crippen molar-refractivity contribution in [2.75, 3.05) is 19.5 Å². The molecule has 0 atom stereocenters. The third-order valence-corrected chi connectivity index (χ3v) is 3.82. The lowest BCUT2D eigenvalue weighted by atomic mass is 10.2. The summed E-state index contributed by atoms with van der Waals surface area (Å²) in [5.74, 6) is 1.95. The first-order chi connectivity index (χ1) is 12.8. The minimum Gasteiger partial charge on any atom is -0.495 e. The lowest BCUT2D eigenvalue weighted by Crippen LogP contribution is -2.01. The van der Waals surface area contributed by atoms with Crippen molar-refractivity contribution in [3.8, 4) is 22.9 Å². The van der Waals surface area contributed by atoms with Gasteiger partial charge in [0.1, 0.15) is 5.75 Å². The Balaban J connectivity index is 1.69. The van der Waals surface area contributed by atoms with Gasteiger partial charge in [0.2, 0.25) is 5.88 Å². The summed E-state index contributed by atoms with van der Waals surface area (Å²) >= 11 is 0. The van der Waals surface area contributed by atoms with Gasteiger partial charge in [-0.3, -0.25) is 4.98 Å². The van der Waals surface area contributed by atoms with E-state index in [9.17, 15) is 0 Å². The van der Waals surface area contributed by atoms with E-state index < -0.39 is 0 Å². The normalized spacial score (nSPS) is 10.7. The minimum atomic E-state index is 0.560. The van der Waals surface area contributed by atoms with E-state index in [0.717, 1.165) is 28.4 Å². The summed E-state index contributed by atoms with van der Waals surface area (Å²) in [4.78, 5) is 12.7. The number of hydrogen-bond acceptors (Lipinski definition) is 7.